The first-order valence-corrected chi connectivity index (χ1v) is 5.68. The highest BCUT2D eigenvalue weighted by atomic mass is 15.1. The molecule has 80 valence electrons. The van der Waals surface area contributed by atoms with E-state index >= 15 is 0 Å². The minimum absolute atomic E-state index is 0.980. The van der Waals surface area contributed by atoms with Crippen molar-refractivity contribution in [2.24, 2.45) is 0 Å². The van der Waals surface area contributed by atoms with Gasteiger partial charge in [0.25, 0.3) is 0 Å². The Balaban J connectivity index is 1.89. The Kier molecular flexibility index (Phi) is 3.51. The van der Waals surface area contributed by atoms with E-state index in [2.05, 4.69) is 28.6 Å². The molecule has 2 rings (SSSR count). The quantitative estimate of drug-likeness (QED) is 0.745. The zero-order valence-corrected chi connectivity index (χ0v) is 9.15. The fourth-order valence-corrected chi connectivity index (χ4v) is 2.05. The van der Waals surface area contributed by atoms with Gasteiger partial charge < -0.3 is 4.90 Å². The zero-order chi connectivity index (χ0) is 10.5. The van der Waals surface area contributed by atoms with Crippen LogP contribution in [0.2, 0.25) is 0 Å². The number of pyridine rings is 1. The largest absolute Gasteiger partial charge is 0.303 e. The van der Waals surface area contributed by atoms with Crippen molar-refractivity contribution in [1.29, 1.82) is 0 Å². The van der Waals surface area contributed by atoms with Gasteiger partial charge in [0.15, 0.2) is 0 Å². The maximum atomic E-state index is 4.21. The van der Waals surface area contributed by atoms with Crippen molar-refractivity contribution in [2.75, 3.05) is 19.6 Å². The van der Waals surface area contributed by atoms with E-state index in [1.54, 1.807) is 6.08 Å². The first-order chi connectivity index (χ1) is 7.38. The number of nitrogens with zero attached hydrogens (tertiary/aromatic N) is 2. The molecule has 2 nitrogen and oxygen atoms in total. The van der Waals surface area contributed by atoms with Gasteiger partial charge in [-0.15, -0.1) is 0 Å². The lowest BCUT2D eigenvalue weighted by Crippen LogP contribution is -2.21. The van der Waals surface area contributed by atoms with Gasteiger partial charge >= 0.3 is 0 Å². The number of likely N-dealkylation sites (tertiary alicyclic amines) is 1. The van der Waals surface area contributed by atoms with Gasteiger partial charge in [-0.3, -0.25) is 4.98 Å². The molecule has 0 aliphatic carbocycles. The Morgan fingerprint density at radius 2 is 2.20 bits per heavy atom. The van der Waals surface area contributed by atoms with Gasteiger partial charge in [0.1, 0.15) is 0 Å². The lowest BCUT2D eigenvalue weighted by Gasteiger charge is -2.14. The Morgan fingerprint density at radius 3 is 2.93 bits per heavy atom. The molecule has 0 radical (unpaired) electrons. The molecular formula is C13H18N2. The van der Waals surface area contributed by atoms with Crippen LogP contribution in [0.5, 0.6) is 0 Å². The summed E-state index contributed by atoms with van der Waals surface area (Å²) in [7, 11) is 0. The molecule has 1 aromatic heterocycles. The molecule has 0 aromatic carbocycles. The molecule has 1 saturated heterocycles. The molecule has 0 unspecified atom stereocenters. The van der Waals surface area contributed by atoms with Crippen molar-refractivity contribution in [1.82, 2.24) is 9.88 Å². The smallest absolute Gasteiger partial charge is 0.0626 e. The standard InChI is InChI=1S/C13H18N2/c1-2-13-11-12(5-7-14-13)6-10-15-8-3-4-9-15/h2,5,7,11H,1,3-4,6,8-10H2. The van der Waals surface area contributed by atoms with Crippen LogP contribution in [0.15, 0.2) is 24.9 Å². The predicted molar refractivity (Wildman–Crippen MR) is 63.7 cm³/mol. The lowest BCUT2D eigenvalue weighted by atomic mass is 10.1. The number of rotatable bonds is 4. The molecule has 2 heteroatoms. The second kappa shape index (κ2) is 5.08. The molecule has 0 spiro atoms. The SMILES string of the molecule is C=Cc1cc(CCN2CCCC2)ccn1. The molecule has 0 atom stereocenters. The Morgan fingerprint density at radius 1 is 1.40 bits per heavy atom. The van der Waals surface area contributed by atoms with Crippen molar-refractivity contribution >= 4 is 6.08 Å². The topological polar surface area (TPSA) is 16.1 Å². The first-order valence-electron chi connectivity index (χ1n) is 5.68. The second-order valence-electron chi connectivity index (χ2n) is 4.09. The maximum absolute atomic E-state index is 4.21. The van der Waals surface area contributed by atoms with Crippen LogP contribution in [0.3, 0.4) is 0 Å². The molecule has 15 heavy (non-hydrogen) atoms. The van der Waals surface area contributed by atoms with E-state index in [-0.39, 0.29) is 0 Å². The molecular weight excluding hydrogens is 184 g/mol. The summed E-state index contributed by atoms with van der Waals surface area (Å²) in [4.78, 5) is 6.74. The Hall–Kier alpha value is -1.15. The van der Waals surface area contributed by atoms with E-state index in [0.29, 0.717) is 0 Å². The maximum Gasteiger partial charge on any atom is 0.0626 e. The summed E-state index contributed by atoms with van der Waals surface area (Å²) in [6.45, 7) is 7.47. The molecule has 0 saturated carbocycles. The third-order valence-electron chi connectivity index (χ3n) is 2.97. The molecule has 1 aliphatic rings. The van der Waals surface area contributed by atoms with E-state index in [4.69, 9.17) is 0 Å². The third-order valence-corrected chi connectivity index (χ3v) is 2.97. The van der Waals surface area contributed by atoms with Crippen molar-refractivity contribution in [3.63, 3.8) is 0 Å². The van der Waals surface area contributed by atoms with Gasteiger partial charge in [-0.2, -0.15) is 0 Å². The van der Waals surface area contributed by atoms with E-state index < -0.39 is 0 Å². The molecule has 0 bridgehead atoms. The average molecular weight is 202 g/mol. The number of hydrogen-bond acceptors (Lipinski definition) is 2. The molecule has 2 heterocycles. The summed E-state index contributed by atoms with van der Waals surface area (Å²) >= 11 is 0. The van der Waals surface area contributed by atoms with E-state index in [0.717, 1.165) is 12.1 Å². The van der Waals surface area contributed by atoms with E-state index in [9.17, 15) is 0 Å². The van der Waals surface area contributed by atoms with Gasteiger partial charge in [-0.1, -0.05) is 6.58 Å². The summed E-state index contributed by atoms with van der Waals surface area (Å²) < 4.78 is 0. The van der Waals surface area contributed by atoms with Crippen LogP contribution in [0.1, 0.15) is 24.1 Å². The lowest BCUT2D eigenvalue weighted by molar-refractivity contribution is 0.343. The minimum atomic E-state index is 0.980. The second-order valence-corrected chi connectivity index (χ2v) is 4.09. The fourth-order valence-electron chi connectivity index (χ4n) is 2.05. The summed E-state index contributed by atoms with van der Waals surface area (Å²) in [5.41, 5.74) is 2.35. The predicted octanol–water partition coefficient (Wildman–Crippen LogP) is 2.36. The molecule has 0 amide bonds. The van der Waals surface area contributed by atoms with Crippen LogP contribution < -0.4 is 0 Å². The summed E-state index contributed by atoms with van der Waals surface area (Å²) in [6, 6.07) is 4.23. The average Bonchev–Trinajstić information content (AvgIpc) is 2.79. The zero-order valence-electron chi connectivity index (χ0n) is 9.15. The fraction of sp³-hybridized carbons (Fsp3) is 0.462. The summed E-state index contributed by atoms with van der Waals surface area (Å²) in [5, 5.41) is 0. The van der Waals surface area contributed by atoms with Crippen LogP contribution in [-0.2, 0) is 6.42 Å². The van der Waals surface area contributed by atoms with E-state index in [1.165, 1.54) is 38.0 Å². The van der Waals surface area contributed by atoms with Crippen molar-refractivity contribution in [3.05, 3.63) is 36.2 Å². The van der Waals surface area contributed by atoms with Crippen LogP contribution in [0.4, 0.5) is 0 Å². The summed E-state index contributed by atoms with van der Waals surface area (Å²) in [6.07, 6.45) is 7.54. The van der Waals surface area contributed by atoms with Crippen molar-refractivity contribution in [2.45, 2.75) is 19.3 Å². The minimum Gasteiger partial charge on any atom is -0.303 e. The molecule has 1 fully saturated rings. The van der Waals surface area contributed by atoms with E-state index in [1.807, 2.05) is 6.20 Å². The normalized spacial score (nSPS) is 16.8. The monoisotopic (exact) mass is 202 g/mol. The molecule has 1 aromatic rings. The van der Waals surface area contributed by atoms with Gasteiger partial charge in [-0.05, 0) is 56.1 Å². The van der Waals surface area contributed by atoms with Crippen molar-refractivity contribution in [3.8, 4) is 0 Å². The van der Waals surface area contributed by atoms with Crippen molar-refractivity contribution < 1.29 is 0 Å². The van der Waals surface area contributed by atoms with Gasteiger partial charge in [-0.25, -0.2) is 0 Å². The Labute approximate surface area is 91.6 Å². The van der Waals surface area contributed by atoms with Crippen LogP contribution in [0.25, 0.3) is 6.08 Å². The van der Waals surface area contributed by atoms with Gasteiger partial charge in [0, 0.05) is 12.7 Å². The van der Waals surface area contributed by atoms with Crippen LogP contribution >= 0.6 is 0 Å². The van der Waals surface area contributed by atoms with Gasteiger partial charge in [0.2, 0.25) is 0 Å². The highest BCUT2D eigenvalue weighted by molar-refractivity contribution is 5.42. The Bertz CT molecular complexity index is 327. The summed E-state index contributed by atoms with van der Waals surface area (Å²) in [5.74, 6) is 0. The first kappa shape index (κ1) is 10.4. The number of hydrogen-bond donors (Lipinski definition) is 0. The molecule has 1 aliphatic heterocycles. The highest BCUT2D eigenvalue weighted by Gasteiger charge is 2.10. The number of aromatic nitrogens is 1. The van der Waals surface area contributed by atoms with Crippen LogP contribution in [-0.4, -0.2) is 29.5 Å². The molecule has 0 N–H and O–H groups in total. The third kappa shape index (κ3) is 2.90. The highest BCUT2D eigenvalue weighted by Crippen LogP contribution is 2.09. The van der Waals surface area contributed by atoms with Gasteiger partial charge in [0.05, 0.1) is 5.69 Å². The van der Waals surface area contributed by atoms with Crippen LogP contribution in [0, 0.1) is 0 Å².